The van der Waals surface area contributed by atoms with E-state index in [2.05, 4.69) is 29.7 Å². The third-order valence-electron chi connectivity index (χ3n) is 2.70. The Morgan fingerprint density at radius 3 is 2.56 bits per heavy atom. The number of nitrogens with one attached hydrogen (secondary N) is 2. The van der Waals surface area contributed by atoms with Crippen LogP contribution >= 0.6 is 0 Å². The lowest BCUT2D eigenvalue weighted by molar-refractivity contribution is -0.123. The van der Waals surface area contributed by atoms with E-state index in [4.69, 9.17) is 0 Å². The summed E-state index contributed by atoms with van der Waals surface area (Å²) >= 11 is 0. The zero-order valence-electron chi connectivity index (χ0n) is 10.8. The standard InChI is InChI=1S/C14H20N2O2/c1-11(13-6-4-3-5-7-13)8-15-9-14(18)16-12(2)10-17/h3-7,10-12,15H,8-9H2,1-2H3,(H,16,18)/t11-,12-/m0/s1. The first kappa shape index (κ1) is 14.4. The lowest BCUT2D eigenvalue weighted by Crippen LogP contribution is -2.40. The molecular formula is C14H20N2O2. The Labute approximate surface area is 108 Å². The zero-order chi connectivity index (χ0) is 13.4. The van der Waals surface area contributed by atoms with E-state index in [0.717, 1.165) is 6.54 Å². The summed E-state index contributed by atoms with van der Waals surface area (Å²) < 4.78 is 0. The Balaban J connectivity index is 2.25. The molecule has 1 aromatic rings. The van der Waals surface area contributed by atoms with Crippen molar-refractivity contribution in [2.45, 2.75) is 25.8 Å². The molecule has 0 spiro atoms. The number of aldehydes is 1. The quantitative estimate of drug-likeness (QED) is 0.710. The number of hydrogen-bond donors (Lipinski definition) is 2. The second kappa shape index (κ2) is 7.61. The van der Waals surface area contributed by atoms with E-state index < -0.39 is 6.04 Å². The van der Waals surface area contributed by atoms with Crippen molar-refractivity contribution >= 4 is 12.2 Å². The number of amides is 1. The molecule has 1 amide bonds. The maximum Gasteiger partial charge on any atom is 0.234 e. The molecule has 4 heteroatoms. The second-order valence-electron chi connectivity index (χ2n) is 4.43. The fraction of sp³-hybridized carbons (Fsp3) is 0.429. The molecule has 18 heavy (non-hydrogen) atoms. The second-order valence-corrected chi connectivity index (χ2v) is 4.43. The summed E-state index contributed by atoms with van der Waals surface area (Å²) in [5.41, 5.74) is 1.24. The van der Waals surface area contributed by atoms with Gasteiger partial charge in [0.1, 0.15) is 6.29 Å². The van der Waals surface area contributed by atoms with Crippen LogP contribution in [0, 0.1) is 0 Å². The topological polar surface area (TPSA) is 58.2 Å². The van der Waals surface area contributed by atoms with Gasteiger partial charge >= 0.3 is 0 Å². The molecule has 4 nitrogen and oxygen atoms in total. The van der Waals surface area contributed by atoms with Crippen LogP contribution in [0.1, 0.15) is 25.3 Å². The maximum atomic E-state index is 11.4. The molecule has 0 aliphatic carbocycles. The smallest absolute Gasteiger partial charge is 0.234 e. The summed E-state index contributed by atoms with van der Waals surface area (Å²) in [4.78, 5) is 21.8. The zero-order valence-corrected chi connectivity index (χ0v) is 10.8. The number of carbonyl (C=O) groups is 2. The minimum atomic E-state index is -0.425. The van der Waals surface area contributed by atoms with E-state index in [-0.39, 0.29) is 12.5 Å². The van der Waals surface area contributed by atoms with E-state index >= 15 is 0 Å². The van der Waals surface area contributed by atoms with Gasteiger partial charge in [-0.15, -0.1) is 0 Å². The van der Waals surface area contributed by atoms with Gasteiger partial charge < -0.3 is 15.4 Å². The maximum absolute atomic E-state index is 11.4. The fourth-order valence-corrected chi connectivity index (χ4v) is 1.64. The molecule has 0 saturated heterocycles. The SMILES string of the molecule is C[C@@H](C=O)NC(=O)CNC[C@H](C)c1ccccc1. The largest absolute Gasteiger partial charge is 0.346 e. The number of rotatable bonds is 7. The molecule has 1 aromatic carbocycles. The van der Waals surface area contributed by atoms with E-state index in [9.17, 15) is 9.59 Å². The minimum absolute atomic E-state index is 0.158. The van der Waals surface area contributed by atoms with Gasteiger partial charge in [-0.05, 0) is 18.4 Å². The molecule has 2 N–H and O–H groups in total. The van der Waals surface area contributed by atoms with Crippen molar-refractivity contribution in [2.75, 3.05) is 13.1 Å². The summed E-state index contributed by atoms with van der Waals surface area (Å²) in [7, 11) is 0. The van der Waals surface area contributed by atoms with Gasteiger partial charge in [0.15, 0.2) is 0 Å². The highest BCUT2D eigenvalue weighted by atomic mass is 16.2. The van der Waals surface area contributed by atoms with Crippen molar-refractivity contribution in [2.24, 2.45) is 0 Å². The summed E-state index contributed by atoms with van der Waals surface area (Å²) in [6.45, 7) is 4.72. The van der Waals surface area contributed by atoms with Crippen LogP contribution < -0.4 is 10.6 Å². The van der Waals surface area contributed by atoms with Crippen molar-refractivity contribution in [1.82, 2.24) is 10.6 Å². The molecule has 98 valence electrons. The lowest BCUT2D eigenvalue weighted by Gasteiger charge is -2.13. The molecule has 1 rings (SSSR count). The molecule has 0 heterocycles. The predicted molar refractivity (Wildman–Crippen MR) is 71.4 cm³/mol. The molecule has 0 aliphatic heterocycles. The Morgan fingerprint density at radius 1 is 1.28 bits per heavy atom. The van der Waals surface area contributed by atoms with E-state index in [1.165, 1.54) is 5.56 Å². The van der Waals surface area contributed by atoms with Crippen LogP contribution in [0.25, 0.3) is 0 Å². The Bertz CT molecular complexity index is 379. The molecule has 0 radical (unpaired) electrons. The molecule has 0 aliphatic rings. The fourth-order valence-electron chi connectivity index (χ4n) is 1.64. The van der Waals surface area contributed by atoms with Crippen LogP contribution in [0.2, 0.25) is 0 Å². The molecule has 0 saturated carbocycles. The third kappa shape index (κ3) is 5.10. The predicted octanol–water partition coefficient (Wildman–Crippen LogP) is 1.08. The van der Waals surface area contributed by atoms with Gasteiger partial charge in [0, 0.05) is 6.54 Å². The normalized spacial score (nSPS) is 13.7. The first-order valence-electron chi connectivity index (χ1n) is 6.13. The van der Waals surface area contributed by atoms with Crippen LogP contribution in [0.15, 0.2) is 30.3 Å². The molecule has 2 atom stereocenters. The van der Waals surface area contributed by atoms with Crippen LogP contribution in [0.4, 0.5) is 0 Å². The molecule has 0 fully saturated rings. The average Bonchev–Trinajstić information content (AvgIpc) is 2.39. The molecule has 0 aromatic heterocycles. The summed E-state index contributed by atoms with van der Waals surface area (Å²) in [6.07, 6.45) is 0.713. The first-order valence-corrected chi connectivity index (χ1v) is 6.13. The van der Waals surface area contributed by atoms with Gasteiger partial charge in [0.05, 0.1) is 12.6 Å². The van der Waals surface area contributed by atoms with Crippen LogP contribution in [0.3, 0.4) is 0 Å². The van der Waals surface area contributed by atoms with Gasteiger partial charge in [-0.1, -0.05) is 37.3 Å². The highest BCUT2D eigenvalue weighted by Gasteiger charge is 2.07. The highest BCUT2D eigenvalue weighted by molar-refractivity contribution is 5.81. The van der Waals surface area contributed by atoms with Crippen LogP contribution in [0.5, 0.6) is 0 Å². The van der Waals surface area contributed by atoms with Crippen molar-refractivity contribution < 1.29 is 9.59 Å². The number of carbonyl (C=O) groups excluding carboxylic acids is 2. The lowest BCUT2D eigenvalue weighted by atomic mass is 10.0. The monoisotopic (exact) mass is 248 g/mol. The Morgan fingerprint density at radius 2 is 1.94 bits per heavy atom. The summed E-state index contributed by atoms with van der Waals surface area (Å²) in [5.74, 6) is 0.192. The molecular weight excluding hydrogens is 228 g/mol. The minimum Gasteiger partial charge on any atom is -0.346 e. The van der Waals surface area contributed by atoms with Crippen molar-refractivity contribution in [3.05, 3.63) is 35.9 Å². The van der Waals surface area contributed by atoms with Gasteiger partial charge in [0.25, 0.3) is 0 Å². The van der Waals surface area contributed by atoms with Gasteiger partial charge in [-0.25, -0.2) is 0 Å². The van der Waals surface area contributed by atoms with Gasteiger partial charge in [-0.2, -0.15) is 0 Å². The molecule has 0 bridgehead atoms. The van der Waals surface area contributed by atoms with Crippen LogP contribution in [-0.2, 0) is 9.59 Å². The van der Waals surface area contributed by atoms with E-state index in [1.807, 2.05) is 18.2 Å². The van der Waals surface area contributed by atoms with Crippen molar-refractivity contribution in [3.63, 3.8) is 0 Å². The number of benzene rings is 1. The van der Waals surface area contributed by atoms with Crippen LogP contribution in [-0.4, -0.2) is 31.3 Å². The first-order chi connectivity index (χ1) is 8.63. The highest BCUT2D eigenvalue weighted by Crippen LogP contribution is 2.12. The van der Waals surface area contributed by atoms with Crippen molar-refractivity contribution in [3.8, 4) is 0 Å². The number of hydrogen-bond acceptors (Lipinski definition) is 3. The van der Waals surface area contributed by atoms with Gasteiger partial charge in [0.2, 0.25) is 5.91 Å². The summed E-state index contributed by atoms with van der Waals surface area (Å²) in [5, 5.41) is 5.66. The van der Waals surface area contributed by atoms with E-state index in [1.54, 1.807) is 6.92 Å². The van der Waals surface area contributed by atoms with E-state index in [0.29, 0.717) is 12.2 Å². The van der Waals surface area contributed by atoms with Crippen molar-refractivity contribution in [1.29, 1.82) is 0 Å². The summed E-state index contributed by atoms with van der Waals surface area (Å²) in [6, 6.07) is 9.71. The molecule has 0 unspecified atom stereocenters. The average molecular weight is 248 g/mol. The third-order valence-corrected chi connectivity index (χ3v) is 2.70. The Hall–Kier alpha value is -1.68. The Kier molecular flexibility index (Phi) is 6.08. The van der Waals surface area contributed by atoms with Gasteiger partial charge in [-0.3, -0.25) is 4.79 Å².